The van der Waals surface area contributed by atoms with Crippen molar-refractivity contribution in [2.24, 2.45) is 5.41 Å². The van der Waals surface area contributed by atoms with Gasteiger partial charge < -0.3 is 0 Å². The molecule has 1 saturated carbocycles. The Hall–Kier alpha value is -0.820. The van der Waals surface area contributed by atoms with Gasteiger partial charge in [-0.1, -0.05) is 30.7 Å². The lowest BCUT2D eigenvalue weighted by atomic mass is 9.97. The fourth-order valence-electron chi connectivity index (χ4n) is 1.47. The van der Waals surface area contributed by atoms with E-state index in [0.29, 0.717) is 12.2 Å². The number of hydrogen-bond donors (Lipinski definition) is 0. The Labute approximate surface area is 89.1 Å². The molecule has 1 aromatic rings. The summed E-state index contributed by atoms with van der Waals surface area (Å²) < 4.78 is 0. The Bertz CT molecular complexity index is 349. The van der Waals surface area contributed by atoms with Crippen LogP contribution < -0.4 is 0 Å². The maximum atomic E-state index is 11.7. The zero-order valence-electron chi connectivity index (χ0n) is 8.22. The first kappa shape index (κ1) is 9.72. The molecule has 74 valence electrons. The lowest BCUT2D eigenvalue weighted by molar-refractivity contribution is -0.122. The lowest BCUT2D eigenvalue weighted by Gasteiger charge is -2.06. The Morgan fingerprint density at radius 2 is 1.93 bits per heavy atom. The van der Waals surface area contributed by atoms with Gasteiger partial charge >= 0.3 is 0 Å². The van der Waals surface area contributed by atoms with E-state index in [0.717, 1.165) is 23.4 Å². The van der Waals surface area contributed by atoms with Gasteiger partial charge in [0, 0.05) is 16.9 Å². The molecular formula is C12H13ClO. The molecule has 0 spiro atoms. The van der Waals surface area contributed by atoms with E-state index in [4.69, 9.17) is 11.6 Å². The van der Waals surface area contributed by atoms with Gasteiger partial charge in [0.25, 0.3) is 0 Å². The highest BCUT2D eigenvalue weighted by Gasteiger charge is 2.43. The monoisotopic (exact) mass is 208 g/mol. The van der Waals surface area contributed by atoms with Crippen molar-refractivity contribution in [2.45, 2.75) is 26.2 Å². The average Bonchev–Trinajstić information content (AvgIpc) is 2.89. The highest BCUT2D eigenvalue weighted by atomic mass is 35.5. The van der Waals surface area contributed by atoms with Gasteiger partial charge in [0.15, 0.2) is 0 Å². The van der Waals surface area contributed by atoms with Crippen LogP contribution in [0.1, 0.15) is 25.3 Å². The standard InChI is InChI=1S/C12H13ClO/c1-12(6-7-12)11(14)8-9-2-4-10(13)5-3-9/h2-5H,6-8H2,1H3. The van der Waals surface area contributed by atoms with Gasteiger partial charge in [0.05, 0.1) is 0 Å². The summed E-state index contributed by atoms with van der Waals surface area (Å²) in [5.41, 5.74) is 1.05. The molecule has 1 aliphatic carbocycles. The molecule has 0 heterocycles. The van der Waals surface area contributed by atoms with Gasteiger partial charge in [0.2, 0.25) is 0 Å². The predicted octanol–water partition coefficient (Wildman–Crippen LogP) is 3.25. The zero-order valence-corrected chi connectivity index (χ0v) is 8.97. The summed E-state index contributed by atoms with van der Waals surface area (Å²) in [6.07, 6.45) is 2.66. The average molecular weight is 209 g/mol. The van der Waals surface area contributed by atoms with Gasteiger partial charge in [-0.15, -0.1) is 0 Å². The van der Waals surface area contributed by atoms with Gasteiger partial charge in [-0.25, -0.2) is 0 Å². The van der Waals surface area contributed by atoms with E-state index < -0.39 is 0 Å². The minimum absolute atomic E-state index is 0.0142. The SMILES string of the molecule is CC1(C(=O)Cc2ccc(Cl)cc2)CC1. The second kappa shape index (κ2) is 3.39. The maximum Gasteiger partial charge on any atom is 0.143 e. The molecule has 1 nitrogen and oxygen atoms in total. The van der Waals surface area contributed by atoms with E-state index in [2.05, 4.69) is 0 Å². The van der Waals surface area contributed by atoms with E-state index in [9.17, 15) is 4.79 Å². The third-order valence-electron chi connectivity index (χ3n) is 2.95. The first-order chi connectivity index (χ1) is 6.60. The minimum Gasteiger partial charge on any atom is -0.299 e. The van der Waals surface area contributed by atoms with Gasteiger partial charge in [-0.05, 0) is 30.5 Å². The summed E-state index contributed by atoms with van der Waals surface area (Å²) in [7, 11) is 0. The molecule has 0 amide bonds. The van der Waals surface area contributed by atoms with Crippen LogP contribution in [-0.4, -0.2) is 5.78 Å². The van der Waals surface area contributed by atoms with Crippen molar-refractivity contribution in [1.82, 2.24) is 0 Å². The number of ketones is 1. The van der Waals surface area contributed by atoms with Crippen LogP contribution in [-0.2, 0) is 11.2 Å². The second-order valence-corrected chi connectivity index (χ2v) is 4.72. The Morgan fingerprint density at radius 3 is 2.43 bits per heavy atom. The number of carbonyl (C=O) groups is 1. The third kappa shape index (κ3) is 1.98. The molecule has 0 radical (unpaired) electrons. The van der Waals surface area contributed by atoms with Crippen LogP contribution >= 0.6 is 11.6 Å². The third-order valence-corrected chi connectivity index (χ3v) is 3.20. The normalized spacial score (nSPS) is 17.9. The number of carbonyl (C=O) groups excluding carboxylic acids is 1. The van der Waals surface area contributed by atoms with Crippen molar-refractivity contribution in [3.63, 3.8) is 0 Å². The van der Waals surface area contributed by atoms with E-state index in [-0.39, 0.29) is 5.41 Å². The van der Waals surface area contributed by atoms with Crippen molar-refractivity contribution in [2.75, 3.05) is 0 Å². The predicted molar refractivity (Wildman–Crippen MR) is 57.5 cm³/mol. The number of benzene rings is 1. The lowest BCUT2D eigenvalue weighted by Crippen LogP contribution is -2.14. The van der Waals surface area contributed by atoms with Gasteiger partial charge in [-0.2, -0.15) is 0 Å². The molecule has 0 atom stereocenters. The van der Waals surface area contributed by atoms with Gasteiger partial charge in [0.1, 0.15) is 5.78 Å². The molecule has 0 aromatic heterocycles. The van der Waals surface area contributed by atoms with Crippen LogP contribution in [0, 0.1) is 5.41 Å². The summed E-state index contributed by atoms with van der Waals surface area (Å²) in [4.78, 5) is 11.7. The summed E-state index contributed by atoms with van der Waals surface area (Å²) in [6, 6.07) is 7.51. The van der Waals surface area contributed by atoms with Crippen molar-refractivity contribution in [3.8, 4) is 0 Å². The fraction of sp³-hybridized carbons (Fsp3) is 0.417. The molecule has 0 N–H and O–H groups in total. The van der Waals surface area contributed by atoms with E-state index >= 15 is 0 Å². The molecule has 1 aromatic carbocycles. The van der Waals surface area contributed by atoms with Crippen LogP contribution in [0.15, 0.2) is 24.3 Å². The Balaban J connectivity index is 2.04. The molecule has 2 heteroatoms. The topological polar surface area (TPSA) is 17.1 Å². The van der Waals surface area contributed by atoms with E-state index in [1.807, 2.05) is 31.2 Å². The van der Waals surface area contributed by atoms with Gasteiger partial charge in [-0.3, -0.25) is 4.79 Å². The first-order valence-electron chi connectivity index (χ1n) is 4.88. The molecule has 0 bridgehead atoms. The zero-order chi connectivity index (χ0) is 10.2. The van der Waals surface area contributed by atoms with Crippen LogP contribution in [0.2, 0.25) is 5.02 Å². The van der Waals surface area contributed by atoms with Crippen LogP contribution in [0.25, 0.3) is 0 Å². The highest BCUT2D eigenvalue weighted by Crippen LogP contribution is 2.46. The number of rotatable bonds is 3. The largest absolute Gasteiger partial charge is 0.299 e. The van der Waals surface area contributed by atoms with Crippen molar-refractivity contribution >= 4 is 17.4 Å². The van der Waals surface area contributed by atoms with Crippen molar-refractivity contribution in [1.29, 1.82) is 0 Å². The summed E-state index contributed by atoms with van der Waals surface area (Å²) in [6.45, 7) is 2.05. The first-order valence-corrected chi connectivity index (χ1v) is 5.26. The summed E-state index contributed by atoms with van der Waals surface area (Å²) in [5, 5.41) is 0.721. The fourth-order valence-corrected chi connectivity index (χ4v) is 1.59. The van der Waals surface area contributed by atoms with E-state index in [1.165, 1.54) is 0 Å². The summed E-state index contributed by atoms with van der Waals surface area (Å²) in [5.74, 6) is 0.361. The number of Topliss-reactive ketones (excluding diaryl/α,β-unsaturated/α-hetero) is 1. The van der Waals surface area contributed by atoms with Crippen molar-refractivity contribution < 1.29 is 4.79 Å². The van der Waals surface area contributed by atoms with E-state index in [1.54, 1.807) is 0 Å². The molecule has 14 heavy (non-hydrogen) atoms. The van der Waals surface area contributed by atoms with Crippen LogP contribution in [0.3, 0.4) is 0 Å². The van der Waals surface area contributed by atoms with Crippen LogP contribution in [0.4, 0.5) is 0 Å². The van der Waals surface area contributed by atoms with Crippen molar-refractivity contribution in [3.05, 3.63) is 34.9 Å². The minimum atomic E-state index is -0.0142. The maximum absolute atomic E-state index is 11.7. The molecule has 0 aliphatic heterocycles. The molecule has 2 rings (SSSR count). The molecule has 1 aliphatic rings. The molecule has 0 unspecified atom stereocenters. The highest BCUT2D eigenvalue weighted by molar-refractivity contribution is 6.30. The smallest absolute Gasteiger partial charge is 0.143 e. The molecular weight excluding hydrogens is 196 g/mol. The van der Waals surface area contributed by atoms with Crippen LogP contribution in [0.5, 0.6) is 0 Å². The Morgan fingerprint density at radius 1 is 1.36 bits per heavy atom. The number of hydrogen-bond acceptors (Lipinski definition) is 1. The molecule has 1 fully saturated rings. The molecule has 0 saturated heterocycles. The number of halogens is 1. The Kier molecular flexibility index (Phi) is 2.36. The quantitative estimate of drug-likeness (QED) is 0.745. The summed E-state index contributed by atoms with van der Waals surface area (Å²) >= 11 is 5.77. The second-order valence-electron chi connectivity index (χ2n) is 4.29.